The average Bonchev–Trinajstić information content (AvgIpc) is 3.52. The van der Waals surface area contributed by atoms with Crippen LogP contribution in [-0.4, -0.2) is 91.1 Å². The fourth-order valence-electron chi connectivity index (χ4n) is 9.68. The lowest BCUT2D eigenvalue weighted by atomic mass is 9.75. The number of carbonyl (C=O) groups is 3. The van der Waals surface area contributed by atoms with Crippen molar-refractivity contribution in [3.8, 4) is 11.5 Å². The van der Waals surface area contributed by atoms with E-state index in [2.05, 4.69) is 15.1 Å². The number of hydrogen-bond donors (Lipinski definition) is 2. The van der Waals surface area contributed by atoms with Crippen LogP contribution in [0.4, 0.5) is 24.5 Å². The number of hydrogen-bond acceptors (Lipinski definition) is 8. The number of imide groups is 1. The summed E-state index contributed by atoms with van der Waals surface area (Å²) in [5, 5.41) is 12.5. The standard InChI is InChI=1S/C45H46F3N5O5/c1-26-18-28(2-6-35(26)46)34-25-58-41-21-31(54)4-5-32(41)43(34)29-3-7-38(36(47)19-29)51-12-10-27(11-13-51)23-50-14-16-52(17-15-50)40-20-30-24-53(45(57)33(30)22-37(40)48)39-8-9-42(55)49-44(39)56/h2-7,18-22,27,34,39,43,54H,8-17,23-25H2,1H3,(H,49,55,56)/t34?,39?,43-/m1/s1. The van der Waals surface area contributed by atoms with Crippen LogP contribution in [0.25, 0.3) is 0 Å². The van der Waals surface area contributed by atoms with Crippen molar-refractivity contribution in [2.75, 3.05) is 62.2 Å². The van der Waals surface area contributed by atoms with E-state index < -0.39 is 17.8 Å². The first-order valence-corrected chi connectivity index (χ1v) is 20.2. The third kappa shape index (κ3) is 7.14. The quantitative estimate of drug-likeness (QED) is 0.213. The summed E-state index contributed by atoms with van der Waals surface area (Å²) in [6.07, 6.45) is 2.25. The van der Waals surface area contributed by atoms with E-state index in [0.717, 1.165) is 62.3 Å². The molecular weight excluding hydrogens is 748 g/mol. The Bertz CT molecular complexity index is 2290. The Kier molecular flexibility index (Phi) is 10.0. The molecule has 13 heteroatoms. The highest BCUT2D eigenvalue weighted by atomic mass is 19.1. The summed E-state index contributed by atoms with van der Waals surface area (Å²) < 4.78 is 51.9. The zero-order chi connectivity index (χ0) is 40.2. The minimum atomic E-state index is -0.745. The Labute approximate surface area is 335 Å². The summed E-state index contributed by atoms with van der Waals surface area (Å²) in [7, 11) is 0. The van der Waals surface area contributed by atoms with E-state index in [1.54, 1.807) is 37.3 Å². The smallest absolute Gasteiger partial charge is 0.255 e. The molecule has 0 saturated carbocycles. The van der Waals surface area contributed by atoms with Gasteiger partial charge in [0.15, 0.2) is 0 Å². The number of piperazine rings is 1. The van der Waals surface area contributed by atoms with Crippen molar-refractivity contribution in [3.05, 3.63) is 118 Å². The molecular formula is C45H46F3N5O5. The highest BCUT2D eigenvalue weighted by molar-refractivity contribution is 6.05. The van der Waals surface area contributed by atoms with E-state index in [0.29, 0.717) is 53.9 Å². The van der Waals surface area contributed by atoms with E-state index in [4.69, 9.17) is 4.74 Å². The van der Waals surface area contributed by atoms with Gasteiger partial charge in [0.1, 0.15) is 35.0 Å². The monoisotopic (exact) mass is 793 g/mol. The fourth-order valence-corrected chi connectivity index (χ4v) is 9.68. The van der Waals surface area contributed by atoms with Gasteiger partial charge in [-0.25, -0.2) is 13.2 Å². The SMILES string of the molecule is Cc1cc(C2COc3cc(O)ccc3[C@H]2c2ccc(N3CCC(CN4CCN(c5cc6c(cc5F)C(=O)N(C5CCC(=O)NC5=O)C6)CC4)CC3)c(F)c2)ccc1F. The molecule has 5 aliphatic heterocycles. The highest BCUT2D eigenvalue weighted by Gasteiger charge is 2.40. The lowest BCUT2D eigenvalue weighted by Gasteiger charge is -2.40. The Morgan fingerprint density at radius 3 is 2.26 bits per heavy atom. The average molecular weight is 794 g/mol. The molecule has 302 valence electrons. The lowest BCUT2D eigenvalue weighted by Crippen LogP contribution is -2.52. The van der Waals surface area contributed by atoms with Gasteiger partial charge in [-0.3, -0.25) is 24.6 Å². The second kappa shape index (κ2) is 15.3. The summed E-state index contributed by atoms with van der Waals surface area (Å²) in [4.78, 5) is 45.2. The van der Waals surface area contributed by atoms with Gasteiger partial charge in [0.25, 0.3) is 5.91 Å². The topological polar surface area (TPSA) is 106 Å². The number of nitrogens with zero attached hydrogens (tertiary/aromatic N) is 4. The van der Waals surface area contributed by atoms with Gasteiger partial charge in [0.2, 0.25) is 11.8 Å². The molecule has 0 aliphatic carbocycles. The number of anilines is 2. The van der Waals surface area contributed by atoms with Crippen LogP contribution < -0.4 is 19.9 Å². The number of phenols is 1. The van der Waals surface area contributed by atoms with Crippen LogP contribution in [0.1, 0.15) is 75.7 Å². The first-order valence-electron chi connectivity index (χ1n) is 20.2. The van der Waals surface area contributed by atoms with Crippen LogP contribution in [-0.2, 0) is 16.1 Å². The number of aryl methyl sites for hydroxylation is 1. The molecule has 4 aromatic rings. The predicted octanol–water partition coefficient (Wildman–Crippen LogP) is 6.23. The predicted molar refractivity (Wildman–Crippen MR) is 212 cm³/mol. The maximum atomic E-state index is 16.1. The van der Waals surface area contributed by atoms with Gasteiger partial charge in [0, 0.05) is 87.8 Å². The summed E-state index contributed by atoms with van der Waals surface area (Å²) in [6, 6.07) is 17.8. The molecule has 0 spiro atoms. The number of fused-ring (bicyclic) bond motifs is 2. The van der Waals surface area contributed by atoms with Crippen molar-refractivity contribution in [2.45, 2.75) is 57.0 Å². The maximum Gasteiger partial charge on any atom is 0.255 e. The zero-order valence-electron chi connectivity index (χ0n) is 32.4. The molecule has 0 aromatic heterocycles. The largest absolute Gasteiger partial charge is 0.508 e. The first kappa shape index (κ1) is 38.0. The first-order chi connectivity index (χ1) is 28.0. The molecule has 3 fully saturated rings. The number of amides is 3. The van der Waals surface area contributed by atoms with Gasteiger partial charge < -0.3 is 24.5 Å². The van der Waals surface area contributed by atoms with Gasteiger partial charge in [-0.05, 0) is 90.8 Å². The van der Waals surface area contributed by atoms with Crippen LogP contribution in [0.3, 0.4) is 0 Å². The minimum absolute atomic E-state index is 0.0913. The Morgan fingerprint density at radius 2 is 1.52 bits per heavy atom. The van der Waals surface area contributed by atoms with Crippen molar-refractivity contribution in [2.24, 2.45) is 5.92 Å². The lowest BCUT2D eigenvalue weighted by molar-refractivity contribution is -0.136. The van der Waals surface area contributed by atoms with E-state index in [1.165, 1.54) is 17.0 Å². The molecule has 5 heterocycles. The van der Waals surface area contributed by atoms with Crippen LogP contribution in [0.15, 0.2) is 66.7 Å². The molecule has 9 rings (SSSR count). The molecule has 2 unspecified atom stereocenters. The van der Waals surface area contributed by atoms with Crippen LogP contribution in [0, 0.1) is 30.3 Å². The number of nitrogens with one attached hydrogen (secondary N) is 1. The maximum absolute atomic E-state index is 16.1. The van der Waals surface area contributed by atoms with Crippen molar-refractivity contribution < 1.29 is 37.4 Å². The summed E-state index contributed by atoms with van der Waals surface area (Å²) in [5.74, 6) is -1.61. The second-order valence-electron chi connectivity index (χ2n) is 16.4. The summed E-state index contributed by atoms with van der Waals surface area (Å²) >= 11 is 0. The van der Waals surface area contributed by atoms with E-state index in [-0.39, 0.29) is 66.0 Å². The van der Waals surface area contributed by atoms with Crippen LogP contribution >= 0.6 is 0 Å². The van der Waals surface area contributed by atoms with Gasteiger partial charge in [-0.15, -0.1) is 0 Å². The molecule has 58 heavy (non-hydrogen) atoms. The number of carbonyl (C=O) groups excluding carboxylic acids is 3. The van der Waals surface area contributed by atoms with Gasteiger partial charge in [-0.1, -0.05) is 24.3 Å². The van der Waals surface area contributed by atoms with Crippen molar-refractivity contribution in [1.29, 1.82) is 0 Å². The summed E-state index contributed by atoms with van der Waals surface area (Å²) in [5.41, 5.74) is 5.06. The van der Waals surface area contributed by atoms with Gasteiger partial charge in [-0.2, -0.15) is 0 Å². The minimum Gasteiger partial charge on any atom is -0.508 e. The number of ether oxygens (including phenoxy) is 1. The fraction of sp³-hybridized carbons (Fsp3) is 0.400. The number of piperidine rings is 2. The Balaban J connectivity index is 0.812. The third-order valence-corrected chi connectivity index (χ3v) is 12.9. The third-order valence-electron chi connectivity index (χ3n) is 12.9. The zero-order valence-corrected chi connectivity index (χ0v) is 32.4. The molecule has 10 nitrogen and oxygen atoms in total. The molecule has 0 radical (unpaired) electrons. The van der Waals surface area contributed by atoms with Crippen molar-refractivity contribution in [3.63, 3.8) is 0 Å². The van der Waals surface area contributed by atoms with Crippen molar-refractivity contribution >= 4 is 29.1 Å². The van der Waals surface area contributed by atoms with Gasteiger partial charge in [0.05, 0.1) is 18.0 Å². The second-order valence-corrected chi connectivity index (χ2v) is 16.4. The molecule has 4 aromatic carbocycles. The molecule has 3 atom stereocenters. The number of rotatable bonds is 7. The number of aromatic hydroxyl groups is 1. The highest BCUT2D eigenvalue weighted by Crippen LogP contribution is 2.48. The Morgan fingerprint density at radius 1 is 0.776 bits per heavy atom. The van der Waals surface area contributed by atoms with E-state index in [1.807, 2.05) is 29.2 Å². The normalized spacial score (nSPS) is 22.8. The van der Waals surface area contributed by atoms with E-state index in [9.17, 15) is 23.9 Å². The molecule has 3 amide bonds. The van der Waals surface area contributed by atoms with Gasteiger partial charge >= 0.3 is 0 Å². The van der Waals surface area contributed by atoms with Crippen molar-refractivity contribution in [1.82, 2.24) is 15.1 Å². The molecule has 3 saturated heterocycles. The number of benzene rings is 4. The molecule has 5 aliphatic rings. The van der Waals surface area contributed by atoms with E-state index >= 15 is 8.78 Å². The number of phenolic OH excluding ortho intramolecular Hbond substituents is 1. The van der Waals surface area contributed by atoms with Crippen LogP contribution in [0.5, 0.6) is 11.5 Å². The summed E-state index contributed by atoms with van der Waals surface area (Å²) in [6.45, 7) is 7.41. The Hall–Kier alpha value is -5.56. The number of halogens is 3. The molecule has 2 N–H and O–H groups in total. The molecule has 0 bridgehead atoms. The van der Waals surface area contributed by atoms with Crippen LogP contribution in [0.2, 0.25) is 0 Å².